The predicted octanol–water partition coefficient (Wildman–Crippen LogP) is 2.84. The summed E-state index contributed by atoms with van der Waals surface area (Å²) in [5.41, 5.74) is 3.76. The summed E-state index contributed by atoms with van der Waals surface area (Å²) in [6, 6.07) is 17.4. The van der Waals surface area contributed by atoms with Crippen LogP contribution in [0.3, 0.4) is 0 Å². The average molecular weight is 377 g/mol. The van der Waals surface area contributed by atoms with E-state index >= 15 is 0 Å². The zero-order valence-corrected chi connectivity index (χ0v) is 16.3. The van der Waals surface area contributed by atoms with Crippen LogP contribution in [-0.2, 0) is 11.2 Å². The van der Waals surface area contributed by atoms with E-state index in [1.54, 1.807) is 7.11 Å². The molecule has 2 aromatic rings. The number of piperazine rings is 1. The standard InChI is InChI=1S/C23H27N3O2/c1-28-19-7-4-6-18(14-19)25-11-12-26-21-8-3-2-5-16(21)13-20(22(26)15-25)23(27)24-17-9-10-17/h2-8,14,17,20,22H,9-13,15H2,1H3,(H,24,27)/t20-,22-/m1/s1. The molecule has 0 radical (unpaired) electrons. The molecule has 1 amide bonds. The van der Waals surface area contributed by atoms with Crippen LogP contribution in [0.4, 0.5) is 11.4 Å². The zero-order chi connectivity index (χ0) is 19.1. The minimum Gasteiger partial charge on any atom is -0.497 e. The minimum atomic E-state index is -0.0103. The number of hydrogen-bond acceptors (Lipinski definition) is 4. The van der Waals surface area contributed by atoms with Gasteiger partial charge in [-0.2, -0.15) is 0 Å². The summed E-state index contributed by atoms with van der Waals surface area (Å²) in [6.45, 7) is 2.71. The van der Waals surface area contributed by atoms with Crippen LogP contribution >= 0.6 is 0 Å². The summed E-state index contributed by atoms with van der Waals surface area (Å²) in [5.74, 6) is 1.08. The third-order valence-electron chi connectivity index (χ3n) is 6.30. The molecule has 2 aliphatic heterocycles. The van der Waals surface area contributed by atoms with E-state index < -0.39 is 0 Å². The topological polar surface area (TPSA) is 44.8 Å². The highest BCUT2D eigenvalue weighted by Crippen LogP contribution is 2.37. The predicted molar refractivity (Wildman–Crippen MR) is 111 cm³/mol. The normalized spacial score (nSPS) is 23.6. The van der Waals surface area contributed by atoms with Crippen LogP contribution in [-0.4, -0.2) is 44.7 Å². The molecule has 1 N–H and O–H groups in total. The van der Waals surface area contributed by atoms with Gasteiger partial charge in [-0.05, 0) is 43.0 Å². The third-order valence-corrected chi connectivity index (χ3v) is 6.30. The maximum absolute atomic E-state index is 13.1. The molecule has 2 heterocycles. The fourth-order valence-corrected chi connectivity index (χ4v) is 4.64. The van der Waals surface area contributed by atoms with Crippen molar-refractivity contribution in [3.05, 3.63) is 54.1 Å². The fraction of sp³-hybridized carbons (Fsp3) is 0.435. The molecule has 3 aliphatic rings. The third kappa shape index (κ3) is 3.19. The minimum absolute atomic E-state index is 0.0103. The van der Waals surface area contributed by atoms with Gasteiger partial charge in [-0.15, -0.1) is 0 Å². The van der Waals surface area contributed by atoms with E-state index in [-0.39, 0.29) is 17.9 Å². The van der Waals surface area contributed by atoms with E-state index in [2.05, 4.69) is 51.5 Å². The van der Waals surface area contributed by atoms with Gasteiger partial charge in [-0.1, -0.05) is 24.3 Å². The van der Waals surface area contributed by atoms with Crippen molar-refractivity contribution in [3.8, 4) is 5.75 Å². The summed E-state index contributed by atoms with van der Waals surface area (Å²) in [7, 11) is 1.70. The van der Waals surface area contributed by atoms with Gasteiger partial charge in [0.05, 0.1) is 19.1 Å². The van der Waals surface area contributed by atoms with Crippen molar-refractivity contribution in [2.24, 2.45) is 5.92 Å². The number of benzene rings is 2. The lowest BCUT2D eigenvalue weighted by molar-refractivity contribution is -0.126. The Bertz CT molecular complexity index is 880. The van der Waals surface area contributed by atoms with Crippen molar-refractivity contribution >= 4 is 17.3 Å². The van der Waals surface area contributed by atoms with Crippen LogP contribution in [0.5, 0.6) is 5.75 Å². The molecule has 28 heavy (non-hydrogen) atoms. The Morgan fingerprint density at radius 3 is 2.79 bits per heavy atom. The number of carbonyl (C=O) groups is 1. The second kappa shape index (κ2) is 7.04. The number of amides is 1. The Labute approximate surface area is 166 Å². The Morgan fingerprint density at radius 1 is 1.11 bits per heavy atom. The van der Waals surface area contributed by atoms with Gasteiger partial charge in [-0.3, -0.25) is 4.79 Å². The van der Waals surface area contributed by atoms with E-state index in [1.165, 1.54) is 16.9 Å². The monoisotopic (exact) mass is 377 g/mol. The van der Waals surface area contributed by atoms with E-state index in [0.717, 1.165) is 44.6 Å². The summed E-state index contributed by atoms with van der Waals surface area (Å²) in [4.78, 5) is 17.9. The highest BCUT2D eigenvalue weighted by atomic mass is 16.5. The van der Waals surface area contributed by atoms with E-state index in [0.29, 0.717) is 6.04 Å². The van der Waals surface area contributed by atoms with Crippen LogP contribution in [0.15, 0.2) is 48.5 Å². The van der Waals surface area contributed by atoms with Gasteiger partial charge >= 0.3 is 0 Å². The van der Waals surface area contributed by atoms with Crippen LogP contribution in [0, 0.1) is 5.92 Å². The quantitative estimate of drug-likeness (QED) is 0.890. The largest absolute Gasteiger partial charge is 0.497 e. The number of anilines is 2. The molecule has 5 heteroatoms. The van der Waals surface area contributed by atoms with Crippen molar-refractivity contribution in [1.82, 2.24) is 5.32 Å². The SMILES string of the molecule is COc1cccc(N2CCN3c4ccccc4C[C@@H](C(=O)NC4CC4)[C@H]3C2)c1. The molecule has 5 rings (SSSR count). The molecule has 1 saturated carbocycles. The summed E-state index contributed by atoms with van der Waals surface area (Å²) < 4.78 is 5.41. The van der Waals surface area contributed by atoms with Crippen molar-refractivity contribution in [2.45, 2.75) is 31.3 Å². The molecular formula is C23H27N3O2. The molecule has 2 atom stereocenters. The van der Waals surface area contributed by atoms with E-state index in [1.807, 2.05) is 12.1 Å². The highest BCUT2D eigenvalue weighted by molar-refractivity contribution is 5.83. The molecule has 5 nitrogen and oxygen atoms in total. The lowest BCUT2D eigenvalue weighted by Gasteiger charge is -2.49. The average Bonchev–Trinajstić information content (AvgIpc) is 3.56. The van der Waals surface area contributed by atoms with Gasteiger partial charge in [-0.25, -0.2) is 0 Å². The number of fused-ring (bicyclic) bond motifs is 3. The van der Waals surface area contributed by atoms with Crippen LogP contribution in [0.1, 0.15) is 18.4 Å². The molecule has 1 aliphatic carbocycles. The lowest BCUT2D eigenvalue weighted by atomic mass is 9.83. The van der Waals surface area contributed by atoms with E-state index in [4.69, 9.17) is 4.74 Å². The number of rotatable bonds is 4. The smallest absolute Gasteiger partial charge is 0.225 e. The van der Waals surface area contributed by atoms with Gasteiger partial charge in [0, 0.05) is 43.1 Å². The molecule has 0 bridgehead atoms. The maximum atomic E-state index is 13.1. The molecule has 146 valence electrons. The van der Waals surface area contributed by atoms with Crippen molar-refractivity contribution in [1.29, 1.82) is 0 Å². The molecule has 0 aromatic heterocycles. The van der Waals surface area contributed by atoms with Gasteiger partial charge < -0.3 is 19.9 Å². The molecule has 1 saturated heterocycles. The van der Waals surface area contributed by atoms with Crippen molar-refractivity contribution in [2.75, 3.05) is 36.5 Å². The van der Waals surface area contributed by atoms with Gasteiger partial charge in [0.15, 0.2) is 0 Å². The second-order valence-corrected chi connectivity index (χ2v) is 8.13. The molecule has 2 fully saturated rings. The number of nitrogens with zero attached hydrogens (tertiary/aromatic N) is 2. The zero-order valence-electron chi connectivity index (χ0n) is 16.3. The maximum Gasteiger partial charge on any atom is 0.225 e. The molecule has 0 unspecified atom stereocenters. The first-order valence-electron chi connectivity index (χ1n) is 10.3. The summed E-state index contributed by atoms with van der Waals surface area (Å²) in [6.07, 6.45) is 3.07. The van der Waals surface area contributed by atoms with Gasteiger partial charge in [0.1, 0.15) is 5.75 Å². The number of carbonyl (C=O) groups excluding carboxylic acids is 1. The number of hydrogen-bond donors (Lipinski definition) is 1. The van der Waals surface area contributed by atoms with E-state index in [9.17, 15) is 4.79 Å². The Hall–Kier alpha value is -2.69. The first-order valence-corrected chi connectivity index (χ1v) is 10.3. The highest BCUT2D eigenvalue weighted by Gasteiger charge is 2.42. The number of para-hydroxylation sites is 1. The Balaban J connectivity index is 1.44. The molecule has 2 aromatic carbocycles. The van der Waals surface area contributed by atoms with Crippen molar-refractivity contribution < 1.29 is 9.53 Å². The summed E-state index contributed by atoms with van der Waals surface area (Å²) in [5, 5.41) is 3.26. The van der Waals surface area contributed by atoms with Gasteiger partial charge in [0.2, 0.25) is 5.91 Å². The van der Waals surface area contributed by atoms with Crippen LogP contribution in [0.2, 0.25) is 0 Å². The lowest BCUT2D eigenvalue weighted by Crippen LogP contribution is -2.61. The number of methoxy groups -OCH3 is 1. The second-order valence-electron chi connectivity index (χ2n) is 8.13. The first-order chi connectivity index (χ1) is 13.7. The van der Waals surface area contributed by atoms with Gasteiger partial charge in [0.25, 0.3) is 0 Å². The van der Waals surface area contributed by atoms with Crippen molar-refractivity contribution in [3.63, 3.8) is 0 Å². The van der Waals surface area contributed by atoms with Crippen LogP contribution < -0.4 is 19.9 Å². The van der Waals surface area contributed by atoms with Crippen LogP contribution in [0.25, 0.3) is 0 Å². The molecular weight excluding hydrogens is 350 g/mol. The fourth-order valence-electron chi connectivity index (χ4n) is 4.64. The summed E-state index contributed by atoms with van der Waals surface area (Å²) >= 11 is 0. The Kier molecular flexibility index (Phi) is 4.38. The first kappa shape index (κ1) is 17.4. The number of ether oxygens (including phenoxy) is 1. The Morgan fingerprint density at radius 2 is 1.96 bits per heavy atom. The number of nitrogens with one attached hydrogen (secondary N) is 1. The molecule has 0 spiro atoms.